The second kappa shape index (κ2) is 9.02. The third-order valence-corrected chi connectivity index (χ3v) is 6.15. The molecule has 1 aromatic carbocycles. The van der Waals surface area contributed by atoms with Crippen molar-refractivity contribution < 1.29 is 14.3 Å². The Morgan fingerprint density at radius 3 is 2.65 bits per heavy atom. The van der Waals surface area contributed by atoms with E-state index in [4.69, 9.17) is 9.47 Å². The number of hydrogen-bond acceptors (Lipinski definition) is 5. The molecule has 1 N–H and O–H groups in total. The first-order valence-corrected chi connectivity index (χ1v) is 10.9. The van der Waals surface area contributed by atoms with Gasteiger partial charge < -0.3 is 19.7 Å². The quantitative estimate of drug-likeness (QED) is 0.806. The number of amides is 1. The first-order chi connectivity index (χ1) is 15.0. The van der Waals surface area contributed by atoms with E-state index in [1.807, 2.05) is 24.4 Å². The molecule has 3 heterocycles. The molecule has 164 valence electrons. The Hall–Kier alpha value is -2.99. The summed E-state index contributed by atoms with van der Waals surface area (Å²) in [6.45, 7) is 7.14. The van der Waals surface area contributed by atoms with Crippen LogP contribution < -0.4 is 14.8 Å². The van der Waals surface area contributed by atoms with E-state index in [-0.39, 0.29) is 11.8 Å². The minimum atomic E-state index is -0.0456. The molecular weight excluding hydrogens is 390 g/mol. The third kappa shape index (κ3) is 4.39. The maximum Gasteiger partial charge on any atom is 0.255 e. The van der Waals surface area contributed by atoms with E-state index >= 15 is 0 Å². The third-order valence-electron chi connectivity index (χ3n) is 6.15. The van der Waals surface area contributed by atoms with E-state index in [2.05, 4.69) is 42.3 Å². The molecule has 6 nitrogen and oxygen atoms in total. The van der Waals surface area contributed by atoms with Crippen LogP contribution in [0.1, 0.15) is 25.8 Å². The normalized spacial score (nSPS) is 23.9. The second-order valence-electron chi connectivity index (χ2n) is 8.33. The van der Waals surface area contributed by atoms with Crippen LogP contribution in [0.5, 0.6) is 11.5 Å². The highest BCUT2D eigenvalue weighted by molar-refractivity contribution is 5.98. The van der Waals surface area contributed by atoms with Gasteiger partial charge in [0.05, 0.1) is 19.9 Å². The summed E-state index contributed by atoms with van der Waals surface area (Å²) in [5, 5.41) is 3.47. The van der Waals surface area contributed by atoms with Crippen molar-refractivity contribution in [2.75, 3.05) is 33.9 Å². The number of piperazine rings is 1. The van der Waals surface area contributed by atoms with Crippen molar-refractivity contribution in [1.29, 1.82) is 0 Å². The van der Waals surface area contributed by atoms with E-state index in [1.54, 1.807) is 25.2 Å². The highest BCUT2D eigenvalue weighted by Crippen LogP contribution is 2.37. The summed E-state index contributed by atoms with van der Waals surface area (Å²) in [5.41, 5.74) is 3.90. The van der Waals surface area contributed by atoms with Crippen molar-refractivity contribution in [3.05, 3.63) is 65.7 Å². The number of nitrogens with one attached hydrogen (secondary N) is 1. The highest BCUT2D eigenvalue weighted by Gasteiger charge is 2.26. The summed E-state index contributed by atoms with van der Waals surface area (Å²) in [7, 11) is 3.28. The van der Waals surface area contributed by atoms with Gasteiger partial charge in [-0.2, -0.15) is 0 Å². The fraction of sp³-hybridized carbons (Fsp3) is 0.400. The maximum atomic E-state index is 13.4. The van der Waals surface area contributed by atoms with Crippen molar-refractivity contribution in [2.24, 2.45) is 5.92 Å². The monoisotopic (exact) mass is 421 g/mol. The first-order valence-electron chi connectivity index (χ1n) is 10.9. The van der Waals surface area contributed by atoms with Crippen LogP contribution in [-0.4, -0.2) is 55.6 Å². The number of rotatable bonds is 4. The van der Waals surface area contributed by atoms with Crippen molar-refractivity contribution in [1.82, 2.24) is 15.1 Å². The molecule has 0 bridgehead atoms. The molecule has 1 amide bonds. The lowest BCUT2D eigenvalue weighted by atomic mass is 9.88. The molecule has 0 spiro atoms. The number of methoxy groups -OCH3 is 2. The Morgan fingerprint density at radius 1 is 1.10 bits per heavy atom. The molecular formula is C25H31N3O3. The second-order valence-corrected chi connectivity index (χ2v) is 8.33. The van der Waals surface area contributed by atoms with Crippen LogP contribution >= 0.6 is 0 Å². The zero-order valence-electron chi connectivity index (χ0n) is 18.7. The number of hydrogen-bond donors (Lipinski definition) is 1. The first kappa shape index (κ1) is 21.2. The van der Waals surface area contributed by atoms with Gasteiger partial charge in [-0.3, -0.25) is 9.69 Å². The number of fused-ring (bicyclic) bond motifs is 1. The highest BCUT2D eigenvalue weighted by atomic mass is 16.5. The molecule has 3 aliphatic rings. The molecule has 31 heavy (non-hydrogen) atoms. The summed E-state index contributed by atoms with van der Waals surface area (Å²) >= 11 is 0. The standard InChI is InChI=1S/C25H31N3O3/c1-17-5-6-19-7-8-20(27-12-11-26-18(2)15-27)16-28(19)25(29)14-23(17)22-10-9-21(30-3)13-24(22)31-4/h6-10,13-14,16-18,26H,5,11-12,15H2,1-4H3. The Kier molecular flexibility index (Phi) is 6.18. The average molecular weight is 422 g/mol. The lowest BCUT2D eigenvalue weighted by Gasteiger charge is -2.37. The van der Waals surface area contributed by atoms with E-state index in [1.165, 1.54) is 0 Å². The lowest BCUT2D eigenvalue weighted by Crippen LogP contribution is -2.48. The van der Waals surface area contributed by atoms with Crippen molar-refractivity contribution in [3.8, 4) is 11.5 Å². The van der Waals surface area contributed by atoms with Gasteiger partial charge in [-0.25, -0.2) is 0 Å². The summed E-state index contributed by atoms with van der Waals surface area (Å²) < 4.78 is 10.9. The molecule has 2 unspecified atom stereocenters. The van der Waals surface area contributed by atoms with Crippen LogP contribution in [0.25, 0.3) is 5.57 Å². The predicted octanol–water partition coefficient (Wildman–Crippen LogP) is 3.54. The molecule has 0 aromatic heterocycles. The van der Waals surface area contributed by atoms with Gasteiger partial charge in [0.2, 0.25) is 0 Å². The van der Waals surface area contributed by atoms with Crippen LogP contribution in [0.3, 0.4) is 0 Å². The molecule has 4 rings (SSSR count). The number of allylic oxidation sites excluding steroid dienone is 4. The number of carbonyl (C=O) groups is 1. The largest absolute Gasteiger partial charge is 0.497 e. The van der Waals surface area contributed by atoms with E-state index in [0.717, 1.165) is 54.3 Å². The van der Waals surface area contributed by atoms with Crippen molar-refractivity contribution in [2.45, 2.75) is 26.3 Å². The van der Waals surface area contributed by atoms with Crippen molar-refractivity contribution >= 4 is 11.5 Å². The van der Waals surface area contributed by atoms with Gasteiger partial charge in [0.1, 0.15) is 11.5 Å². The zero-order valence-corrected chi connectivity index (χ0v) is 18.7. The maximum absolute atomic E-state index is 13.4. The summed E-state index contributed by atoms with van der Waals surface area (Å²) in [5.74, 6) is 1.57. The molecule has 0 aliphatic carbocycles. The molecule has 1 saturated heterocycles. The van der Waals surface area contributed by atoms with Gasteiger partial charge in [0.25, 0.3) is 5.91 Å². The van der Waals surface area contributed by atoms with E-state index in [9.17, 15) is 4.79 Å². The van der Waals surface area contributed by atoms with Gasteiger partial charge in [0, 0.05) is 55.3 Å². The average Bonchev–Trinajstić information content (AvgIpc) is 2.79. The topological polar surface area (TPSA) is 54.0 Å². The summed E-state index contributed by atoms with van der Waals surface area (Å²) in [6.07, 6.45) is 10.9. The minimum absolute atomic E-state index is 0.0456. The van der Waals surface area contributed by atoms with E-state index < -0.39 is 0 Å². The molecule has 6 heteroatoms. The number of carbonyl (C=O) groups excluding carboxylic acids is 1. The fourth-order valence-electron chi connectivity index (χ4n) is 4.36. The molecule has 0 radical (unpaired) electrons. The number of ether oxygens (including phenoxy) is 2. The van der Waals surface area contributed by atoms with Gasteiger partial charge in [-0.15, -0.1) is 0 Å². The zero-order chi connectivity index (χ0) is 22.0. The fourth-order valence-corrected chi connectivity index (χ4v) is 4.36. The van der Waals surface area contributed by atoms with Gasteiger partial charge in [0.15, 0.2) is 0 Å². The van der Waals surface area contributed by atoms with Gasteiger partial charge in [-0.1, -0.05) is 13.0 Å². The Labute approximate surface area is 184 Å². The molecule has 1 aromatic rings. The molecule has 0 saturated carbocycles. The minimum Gasteiger partial charge on any atom is -0.497 e. The van der Waals surface area contributed by atoms with Gasteiger partial charge in [-0.05, 0) is 49.1 Å². The summed E-state index contributed by atoms with van der Waals surface area (Å²) in [6, 6.07) is 6.17. The Balaban J connectivity index is 1.67. The predicted molar refractivity (Wildman–Crippen MR) is 122 cm³/mol. The van der Waals surface area contributed by atoms with Crippen molar-refractivity contribution in [3.63, 3.8) is 0 Å². The van der Waals surface area contributed by atoms with Crippen LogP contribution in [0.4, 0.5) is 0 Å². The molecule has 2 atom stereocenters. The number of benzene rings is 1. The van der Waals surface area contributed by atoms with Crippen LogP contribution in [0, 0.1) is 5.92 Å². The van der Waals surface area contributed by atoms with Crippen LogP contribution in [-0.2, 0) is 4.79 Å². The Bertz CT molecular complexity index is 976. The smallest absolute Gasteiger partial charge is 0.255 e. The van der Waals surface area contributed by atoms with E-state index in [0.29, 0.717) is 11.8 Å². The molecule has 3 aliphatic heterocycles. The van der Waals surface area contributed by atoms with Gasteiger partial charge >= 0.3 is 0 Å². The SMILES string of the molecule is COc1ccc(C2=CC(=O)N3C=C(N4CCNC(C)C4)C=CC3=CCC2C)c(OC)c1. The Morgan fingerprint density at radius 2 is 1.90 bits per heavy atom. The van der Waals surface area contributed by atoms with Crippen LogP contribution in [0.2, 0.25) is 0 Å². The molecule has 1 fully saturated rings. The van der Waals surface area contributed by atoms with Crippen LogP contribution in [0.15, 0.2) is 60.1 Å². The summed E-state index contributed by atoms with van der Waals surface area (Å²) in [4.78, 5) is 17.5. The number of nitrogens with zero attached hydrogens (tertiary/aromatic N) is 2. The lowest BCUT2D eigenvalue weighted by molar-refractivity contribution is -0.122.